The quantitative estimate of drug-likeness (QED) is 0.235. The molecule has 0 unspecified atom stereocenters. The minimum atomic E-state index is 0.424. The van der Waals surface area contributed by atoms with Crippen LogP contribution in [-0.2, 0) is 9.47 Å². The number of hydrogen-bond donors (Lipinski definition) is 0. The number of rotatable bonds is 11. The highest BCUT2D eigenvalue weighted by Crippen LogP contribution is 1.95. The molecule has 0 atom stereocenters. The summed E-state index contributed by atoms with van der Waals surface area (Å²) in [4.78, 5) is 0. The van der Waals surface area contributed by atoms with E-state index >= 15 is 0 Å². The van der Waals surface area contributed by atoms with Gasteiger partial charge in [0.25, 0.3) is 0 Å². The molecule has 0 aliphatic heterocycles. The first-order chi connectivity index (χ1) is 7.41. The van der Waals surface area contributed by atoms with Crippen LogP contribution in [0.4, 0.5) is 0 Å². The SMILES string of the molecule is CCCCCOCOCC/C=C/CCCl. The summed E-state index contributed by atoms with van der Waals surface area (Å²) in [5.41, 5.74) is 0. The van der Waals surface area contributed by atoms with Crippen LogP contribution in [0, 0.1) is 0 Å². The molecule has 2 nitrogen and oxygen atoms in total. The van der Waals surface area contributed by atoms with Crippen LogP contribution in [0.2, 0.25) is 0 Å². The van der Waals surface area contributed by atoms with Gasteiger partial charge in [0.1, 0.15) is 6.79 Å². The highest BCUT2D eigenvalue weighted by Gasteiger charge is 1.88. The van der Waals surface area contributed by atoms with Crippen LogP contribution in [0.15, 0.2) is 12.2 Å². The van der Waals surface area contributed by atoms with Crippen molar-refractivity contribution in [1.82, 2.24) is 0 Å². The topological polar surface area (TPSA) is 18.5 Å². The molecule has 0 heterocycles. The molecule has 0 aromatic heterocycles. The van der Waals surface area contributed by atoms with Gasteiger partial charge in [-0.1, -0.05) is 31.9 Å². The van der Waals surface area contributed by atoms with Gasteiger partial charge in [-0.15, -0.1) is 11.6 Å². The lowest BCUT2D eigenvalue weighted by Gasteiger charge is -2.03. The molecule has 0 aromatic carbocycles. The van der Waals surface area contributed by atoms with Gasteiger partial charge in [0.2, 0.25) is 0 Å². The van der Waals surface area contributed by atoms with Crippen molar-refractivity contribution in [1.29, 1.82) is 0 Å². The molecule has 0 fully saturated rings. The molecular formula is C12H23ClO2. The zero-order chi connectivity index (χ0) is 11.2. The summed E-state index contributed by atoms with van der Waals surface area (Å²) in [5, 5.41) is 0. The molecule has 0 amide bonds. The van der Waals surface area contributed by atoms with E-state index in [9.17, 15) is 0 Å². The van der Waals surface area contributed by atoms with Crippen molar-refractivity contribution < 1.29 is 9.47 Å². The van der Waals surface area contributed by atoms with Gasteiger partial charge in [0.15, 0.2) is 0 Å². The Balaban J connectivity index is 2.92. The Bertz CT molecular complexity index is 138. The summed E-state index contributed by atoms with van der Waals surface area (Å²) in [6.07, 6.45) is 9.66. The summed E-state index contributed by atoms with van der Waals surface area (Å²) in [5.74, 6) is 0.692. The standard InChI is InChI=1S/C12H23ClO2/c1-2-3-7-10-14-12-15-11-8-5-4-6-9-13/h4-5H,2-3,6-12H2,1H3/b5-4+. The molecule has 0 saturated carbocycles. The fourth-order valence-electron chi connectivity index (χ4n) is 1.08. The summed E-state index contributed by atoms with van der Waals surface area (Å²) < 4.78 is 10.6. The second-order valence-corrected chi connectivity index (χ2v) is 3.76. The van der Waals surface area contributed by atoms with Crippen LogP contribution in [0.25, 0.3) is 0 Å². The van der Waals surface area contributed by atoms with Crippen LogP contribution in [0.5, 0.6) is 0 Å². The van der Waals surface area contributed by atoms with Gasteiger partial charge >= 0.3 is 0 Å². The van der Waals surface area contributed by atoms with Gasteiger partial charge in [-0.05, 0) is 19.3 Å². The lowest BCUT2D eigenvalue weighted by molar-refractivity contribution is -0.0531. The van der Waals surface area contributed by atoms with Crippen molar-refractivity contribution in [2.75, 3.05) is 25.9 Å². The first-order valence-electron chi connectivity index (χ1n) is 5.78. The molecular weight excluding hydrogens is 212 g/mol. The smallest absolute Gasteiger partial charge is 0.146 e. The summed E-state index contributed by atoms with van der Waals surface area (Å²) >= 11 is 5.52. The Morgan fingerprint density at radius 1 is 1.00 bits per heavy atom. The van der Waals surface area contributed by atoms with Gasteiger partial charge in [-0.25, -0.2) is 0 Å². The zero-order valence-corrected chi connectivity index (χ0v) is 10.5. The molecule has 0 N–H and O–H groups in total. The van der Waals surface area contributed by atoms with E-state index in [0.717, 1.165) is 32.5 Å². The van der Waals surface area contributed by atoms with Crippen LogP contribution < -0.4 is 0 Å². The second kappa shape index (κ2) is 13.9. The molecule has 90 valence electrons. The summed E-state index contributed by atoms with van der Waals surface area (Å²) in [6.45, 7) is 4.15. The largest absolute Gasteiger partial charge is 0.355 e. The molecule has 3 heteroatoms. The maximum Gasteiger partial charge on any atom is 0.146 e. The highest BCUT2D eigenvalue weighted by atomic mass is 35.5. The summed E-state index contributed by atoms with van der Waals surface area (Å²) in [7, 11) is 0. The van der Waals surface area contributed by atoms with E-state index in [1.54, 1.807) is 0 Å². The Labute approximate surface area is 98.6 Å². The number of alkyl halides is 1. The number of unbranched alkanes of at least 4 members (excludes halogenated alkanes) is 2. The summed E-state index contributed by atoms with van der Waals surface area (Å²) in [6, 6.07) is 0. The fourth-order valence-corrected chi connectivity index (χ4v) is 1.21. The van der Waals surface area contributed by atoms with E-state index < -0.39 is 0 Å². The minimum Gasteiger partial charge on any atom is -0.355 e. The van der Waals surface area contributed by atoms with Crippen LogP contribution in [-0.4, -0.2) is 25.9 Å². The van der Waals surface area contributed by atoms with E-state index in [4.69, 9.17) is 21.1 Å². The maximum absolute atomic E-state index is 5.52. The molecule has 0 radical (unpaired) electrons. The molecule has 0 aliphatic carbocycles. The third-order valence-electron chi connectivity index (χ3n) is 1.93. The van der Waals surface area contributed by atoms with E-state index in [-0.39, 0.29) is 0 Å². The first-order valence-corrected chi connectivity index (χ1v) is 6.31. The number of halogens is 1. The maximum atomic E-state index is 5.52. The predicted octanol–water partition coefficient (Wildman–Crippen LogP) is 3.74. The van der Waals surface area contributed by atoms with Crippen molar-refractivity contribution in [2.24, 2.45) is 0 Å². The van der Waals surface area contributed by atoms with Crippen molar-refractivity contribution in [3.8, 4) is 0 Å². The van der Waals surface area contributed by atoms with E-state index in [0.29, 0.717) is 12.7 Å². The number of ether oxygens (including phenoxy) is 2. The minimum absolute atomic E-state index is 0.424. The average Bonchev–Trinajstić information content (AvgIpc) is 2.26. The third kappa shape index (κ3) is 14.0. The molecule has 0 aromatic rings. The molecule has 0 rings (SSSR count). The van der Waals surface area contributed by atoms with E-state index in [1.807, 2.05) is 0 Å². The molecule has 15 heavy (non-hydrogen) atoms. The predicted molar refractivity (Wildman–Crippen MR) is 65.4 cm³/mol. The van der Waals surface area contributed by atoms with Gasteiger partial charge in [-0.3, -0.25) is 0 Å². The lowest BCUT2D eigenvalue weighted by Crippen LogP contribution is -2.02. The average molecular weight is 235 g/mol. The van der Waals surface area contributed by atoms with E-state index in [1.165, 1.54) is 12.8 Å². The van der Waals surface area contributed by atoms with Crippen molar-refractivity contribution in [2.45, 2.75) is 39.0 Å². The second-order valence-electron chi connectivity index (χ2n) is 3.38. The van der Waals surface area contributed by atoms with Crippen LogP contribution in [0.1, 0.15) is 39.0 Å². The third-order valence-corrected chi connectivity index (χ3v) is 2.15. The molecule has 0 saturated heterocycles. The monoisotopic (exact) mass is 234 g/mol. The Morgan fingerprint density at radius 2 is 1.73 bits per heavy atom. The Hall–Kier alpha value is -0.0500. The number of allylic oxidation sites excluding steroid dienone is 1. The van der Waals surface area contributed by atoms with Gasteiger partial charge in [-0.2, -0.15) is 0 Å². The van der Waals surface area contributed by atoms with Crippen LogP contribution >= 0.6 is 11.6 Å². The first kappa shape index (κ1) is 14.9. The number of hydrogen-bond acceptors (Lipinski definition) is 2. The van der Waals surface area contributed by atoms with Gasteiger partial charge in [0, 0.05) is 12.5 Å². The van der Waals surface area contributed by atoms with Crippen LogP contribution in [0.3, 0.4) is 0 Å². The molecule has 0 spiro atoms. The van der Waals surface area contributed by atoms with Crippen molar-refractivity contribution >= 4 is 11.6 Å². The van der Waals surface area contributed by atoms with E-state index in [2.05, 4.69) is 19.1 Å². The highest BCUT2D eigenvalue weighted by molar-refractivity contribution is 6.17. The van der Waals surface area contributed by atoms with Crippen molar-refractivity contribution in [3.05, 3.63) is 12.2 Å². The molecule has 0 bridgehead atoms. The zero-order valence-electron chi connectivity index (χ0n) is 9.71. The molecule has 0 aliphatic rings. The Morgan fingerprint density at radius 3 is 2.47 bits per heavy atom. The van der Waals surface area contributed by atoms with Crippen molar-refractivity contribution in [3.63, 3.8) is 0 Å². The fraction of sp³-hybridized carbons (Fsp3) is 0.833. The normalized spacial score (nSPS) is 11.3. The van der Waals surface area contributed by atoms with Gasteiger partial charge in [0.05, 0.1) is 6.61 Å². The lowest BCUT2D eigenvalue weighted by atomic mass is 10.3. The Kier molecular flexibility index (Phi) is 13.9. The van der Waals surface area contributed by atoms with Gasteiger partial charge < -0.3 is 9.47 Å².